The van der Waals surface area contributed by atoms with E-state index in [4.69, 9.17) is 0 Å². The molecule has 0 unspecified atom stereocenters. The van der Waals surface area contributed by atoms with E-state index in [0.717, 1.165) is 12.3 Å². The van der Waals surface area contributed by atoms with Crippen LogP contribution in [0.25, 0.3) is 11.0 Å². The van der Waals surface area contributed by atoms with Gasteiger partial charge in [0.15, 0.2) is 17.0 Å². The van der Waals surface area contributed by atoms with E-state index in [-0.39, 0.29) is 49.6 Å². The lowest BCUT2D eigenvalue weighted by molar-refractivity contribution is 0.0694. The quantitative estimate of drug-likeness (QED) is 0.316. The third kappa shape index (κ3) is 5.33. The van der Waals surface area contributed by atoms with Crippen molar-refractivity contribution in [3.63, 3.8) is 0 Å². The molecule has 33 heavy (non-hydrogen) atoms. The highest BCUT2D eigenvalue weighted by atomic mass is 31.2. The first kappa shape index (κ1) is 25.4. The first-order valence-corrected chi connectivity index (χ1v) is 13.1. The molecule has 16 heteroatoms. The van der Waals surface area contributed by atoms with E-state index in [0.29, 0.717) is 0 Å². The van der Waals surface area contributed by atoms with Crippen molar-refractivity contribution >= 4 is 38.0 Å². The Morgan fingerprint density at radius 2 is 1.73 bits per heavy atom. The van der Waals surface area contributed by atoms with Gasteiger partial charge >= 0.3 is 21.2 Å². The van der Waals surface area contributed by atoms with Gasteiger partial charge in [0.05, 0.1) is 5.39 Å². The fraction of sp³-hybridized carbons (Fsp3) is 0.471. The van der Waals surface area contributed by atoms with Crippen LogP contribution in [0.5, 0.6) is 0 Å². The van der Waals surface area contributed by atoms with E-state index >= 15 is 0 Å². The maximum atomic E-state index is 14.9. The molecule has 0 bridgehead atoms. The lowest BCUT2D eigenvalue weighted by Crippen LogP contribution is -2.49. The predicted molar refractivity (Wildman–Crippen MR) is 115 cm³/mol. The fourth-order valence-electron chi connectivity index (χ4n) is 3.67. The number of aromatic nitrogens is 2. The Labute approximate surface area is 186 Å². The first-order valence-electron chi connectivity index (χ1n) is 9.78. The first-order chi connectivity index (χ1) is 15.2. The van der Waals surface area contributed by atoms with Crippen molar-refractivity contribution in [1.29, 1.82) is 0 Å². The Hall–Kier alpha value is -2.18. The van der Waals surface area contributed by atoms with Crippen LogP contribution in [0.4, 0.5) is 10.2 Å². The van der Waals surface area contributed by atoms with Crippen LogP contribution in [0.1, 0.15) is 17.3 Å². The molecular formula is C17H23FN4O9P2. The Morgan fingerprint density at radius 3 is 2.21 bits per heavy atom. The van der Waals surface area contributed by atoms with Crippen molar-refractivity contribution in [1.82, 2.24) is 14.5 Å². The SMILES string of the molecule is CCn1cc(C(=O)O)c(=O)c2cc(F)c(N3CCN(CC(P(=O)(O)O)P(=O)(O)O)CC3)nc21. The second-order valence-corrected chi connectivity index (χ2v) is 11.6. The molecule has 0 atom stereocenters. The highest BCUT2D eigenvalue weighted by Gasteiger charge is 2.44. The summed E-state index contributed by atoms with van der Waals surface area (Å²) in [7, 11) is -10.1. The molecule has 13 nitrogen and oxygen atoms in total. The minimum absolute atomic E-state index is 0.0895. The van der Waals surface area contributed by atoms with Crippen molar-refractivity contribution in [3.8, 4) is 0 Å². The second kappa shape index (κ2) is 9.22. The Morgan fingerprint density at radius 1 is 1.15 bits per heavy atom. The van der Waals surface area contributed by atoms with E-state index < -0.39 is 49.9 Å². The largest absolute Gasteiger partial charge is 0.477 e. The number of halogens is 1. The van der Waals surface area contributed by atoms with Crippen molar-refractivity contribution < 1.29 is 43.0 Å². The van der Waals surface area contributed by atoms with Crippen molar-refractivity contribution in [2.24, 2.45) is 0 Å². The number of hydrogen-bond donors (Lipinski definition) is 5. The molecule has 0 saturated carbocycles. The van der Waals surface area contributed by atoms with Crippen LogP contribution in [-0.4, -0.2) is 83.2 Å². The number of anilines is 1. The third-order valence-electron chi connectivity index (χ3n) is 5.42. The number of aryl methyl sites for hydroxylation is 1. The van der Waals surface area contributed by atoms with Crippen molar-refractivity contribution in [2.45, 2.75) is 18.9 Å². The van der Waals surface area contributed by atoms with Gasteiger partial charge in [0.1, 0.15) is 11.2 Å². The molecule has 0 aliphatic carbocycles. The molecule has 182 valence electrons. The zero-order valence-corrected chi connectivity index (χ0v) is 19.2. The van der Waals surface area contributed by atoms with Gasteiger partial charge in [0.2, 0.25) is 5.43 Å². The Balaban J connectivity index is 1.87. The Bertz CT molecular complexity index is 1210. The van der Waals surface area contributed by atoms with Gasteiger partial charge in [-0.05, 0) is 13.0 Å². The van der Waals surface area contributed by atoms with Crippen LogP contribution in [-0.2, 0) is 15.7 Å². The van der Waals surface area contributed by atoms with E-state index in [1.807, 2.05) is 0 Å². The number of carbonyl (C=O) groups is 1. The summed E-state index contributed by atoms with van der Waals surface area (Å²) in [5.74, 6) is -2.37. The standard InChI is InChI=1S/C17H23FN4O9P2/c1-2-21-8-11(17(24)25)14(23)10-7-12(18)16(19-15(10)21)22-5-3-20(4-6-22)9-13(32(26,27)28)33(29,30)31/h7-8,13H,2-6,9H2,1H3,(H,24,25)(H2,26,27,28)(H2,29,30,31). The van der Waals surface area contributed by atoms with Gasteiger partial charge in [0.25, 0.3) is 0 Å². The van der Waals surface area contributed by atoms with Gasteiger partial charge in [-0.1, -0.05) is 0 Å². The molecule has 3 heterocycles. The van der Waals surface area contributed by atoms with Gasteiger partial charge in [-0.2, -0.15) is 0 Å². The monoisotopic (exact) mass is 508 g/mol. The average Bonchev–Trinajstić information content (AvgIpc) is 2.71. The molecule has 1 saturated heterocycles. The summed E-state index contributed by atoms with van der Waals surface area (Å²) in [6.45, 7) is 1.94. The van der Waals surface area contributed by atoms with Gasteiger partial charge in [-0.3, -0.25) is 18.8 Å². The van der Waals surface area contributed by atoms with E-state index in [1.54, 1.807) is 6.92 Å². The summed E-state index contributed by atoms with van der Waals surface area (Å²) in [6.07, 6.45) is 1.14. The van der Waals surface area contributed by atoms with E-state index in [1.165, 1.54) is 14.4 Å². The number of fused-ring (bicyclic) bond motifs is 1. The van der Waals surface area contributed by atoms with Gasteiger partial charge < -0.3 is 34.1 Å². The number of hydrogen-bond acceptors (Lipinski definition) is 7. The molecule has 1 fully saturated rings. The molecule has 5 N–H and O–H groups in total. The molecule has 0 spiro atoms. The topological polar surface area (TPSA) is 194 Å². The number of piperazine rings is 1. The number of aromatic carboxylic acids is 1. The number of rotatable bonds is 7. The van der Waals surface area contributed by atoms with Gasteiger partial charge in [0, 0.05) is 45.5 Å². The molecule has 0 radical (unpaired) electrons. The minimum atomic E-state index is -5.06. The highest BCUT2D eigenvalue weighted by Crippen LogP contribution is 2.59. The summed E-state index contributed by atoms with van der Waals surface area (Å²) < 4.78 is 39.3. The third-order valence-corrected chi connectivity index (χ3v) is 9.11. The molecule has 0 amide bonds. The average molecular weight is 508 g/mol. The van der Waals surface area contributed by atoms with Crippen LogP contribution >= 0.6 is 15.2 Å². The normalized spacial score (nSPS) is 16.0. The summed E-state index contributed by atoms with van der Waals surface area (Å²) >= 11 is 0. The Kier molecular flexibility index (Phi) is 7.11. The molecule has 0 aromatic carbocycles. The number of carboxylic acid groups (broad SMARTS) is 1. The lowest BCUT2D eigenvalue weighted by Gasteiger charge is -2.37. The molecule has 1 aliphatic heterocycles. The van der Waals surface area contributed by atoms with Crippen LogP contribution in [0.2, 0.25) is 0 Å². The number of carboxylic acids is 1. The molecular weight excluding hydrogens is 485 g/mol. The number of nitrogens with zero attached hydrogens (tertiary/aromatic N) is 4. The molecule has 2 aromatic heterocycles. The van der Waals surface area contributed by atoms with Crippen LogP contribution in [0, 0.1) is 5.82 Å². The zero-order valence-electron chi connectivity index (χ0n) is 17.4. The smallest absolute Gasteiger partial charge is 0.342 e. The molecule has 1 aliphatic rings. The van der Waals surface area contributed by atoms with Crippen molar-refractivity contribution in [3.05, 3.63) is 33.9 Å². The van der Waals surface area contributed by atoms with E-state index in [9.17, 15) is 47.8 Å². The fourth-order valence-corrected chi connectivity index (χ4v) is 6.13. The van der Waals surface area contributed by atoms with Gasteiger partial charge in [-0.15, -0.1) is 0 Å². The number of pyridine rings is 2. The minimum Gasteiger partial charge on any atom is -0.477 e. The summed E-state index contributed by atoms with van der Waals surface area (Å²) in [6, 6.07) is 0.933. The summed E-state index contributed by atoms with van der Waals surface area (Å²) in [5, 5.41) is 6.89. The van der Waals surface area contributed by atoms with E-state index in [2.05, 4.69) is 4.98 Å². The van der Waals surface area contributed by atoms with Crippen LogP contribution in [0.15, 0.2) is 17.1 Å². The second-order valence-electron chi connectivity index (χ2n) is 7.57. The van der Waals surface area contributed by atoms with Crippen molar-refractivity contribution in [2.75, 3.05) is 37.6 Å². The highest BCUT2D eigenvalue weighted by molar-refractivity contribution is 7.70. The van der Waals surface area contributed by atoms with Crippen LogP contribution < -0.4 is 10.3 Å². The van der Waals surface area contributed by atoms with Crippen LogP contribution in [0.3, 0.4) is 0 Å². The molecule has 2 aromatic rings. The zero-order chi connectivity index (χ0) is 24.7. The molecule has 3 rings (SSSR count). The maximum Gasteiger partial charge on any atom is 0.342 e. The van der Waals surface area contributed by atoms with Gasteiger partial charge in [-0.25, -0.2) is 14.2 Å². The summed E-state index contributed by atoms with van der Waals surface area (Å²) in [5.41, 5.74) is -1.25. The summed E-state index contributed by atoms with van der Waals surface area (Å²) in [4.78, 5) is 68.2. The maximum absolute atomic E-state index is 14.9. The lowest BCUT2D eigenvalue weighted by atomic mass is 10.2. The predicted octanol–water partition coefficient (Wildman–Crippen LogP) is 0.0572.